The van der Waals surface area contributed by atoms with Gasteiger partial charge in [0.25, 0.3) is 0 Å². The van der Waals surface area contributed by atoms with Gasteiger partial charge in [-0.15, -0.1) is 11.3 Å². The lowest BCUT2D eigenvalue weighted by Crippen LogP contribution is -2.28. The zero-order valence-corrected chi connectivity index (χ0v) is 35.7. The van der Waals surface area contributed by atoms with Crippen LogP contribution in [0.1, 0.15) is 22.3 Å². The molecule has 13 rings (SSSR count). The summed E-state index contributed by atoms with van der Waals surface area (Å²) < 4.78 is 2.58. The van der Waals surface area contributed by atoms with E-state index in [0.717, 1.165) is 28.1 Å². The van der Waals surface area contributed by atoms with Gasteiger partial charge in [-0.05, 0) is 122 Å². The van der Waals surface area contributed by atoms with Crippen LogP contribution in [-0.2, 0) is 5.41 Å². The maximum absolute atomic E-state index is 3.59. The number of benzene rings is 10. The second-order valence-corrected chi connectivity index (χ2v) is 18.0. The minimum absolute atomic E-state index is 0.461. The summed E-state index contributed by atoms with van der Waals surface area (Å²) in [6, 6.07) is 87.4. The molecular weight excluding hydrogens is 793 g/mol. The number of para-hydroxylation sites is 1. The number of nitrogens with one attached hydrogen (secondary N) is 1. The van der Waals surface area contributed by atoms with Gasteiger partial charge < -0.3 is 9.88 Å². The number of hydrogen-bond acceptors (Lipinski definition) is 2. The minimum Gasteiger partial charge on any atom is -0.355 e. The van der Waals surface area contributed by atoms with Gasteiger partial charge >= 0.3 is 0 Å². The predicted octanol–water partition coefficient (Wildman–Crippen LogP) is 16.9. The van der Waals surface area contributed by atoms with Crippen LogP contribution in [0.25, 0.3) is 75.4 Å². The van der Waals surface area contributed by atoms with E-state index >= 15 is 0 Å². The zero-order valence-electron chi connectivity index (χ0n) is 34.9. The van der Waals surface area contributed by atoms with Crippen molar-refractivity contribution in [3.8, 4) is 33.4 Å². The van der Waals surface area contributed by atoms with E-state index < -0.39 is 5.41 Å². The van der Waals surface area contributed by atoms with Crippen LogP contribution in [0.2, 0.25) is 0 Å². The van der Waals surface area contributed by atoms with Crippen LogP contribution in [0.5, 0.6) is 0 Å². The number of hydrogen-bond donors (Lipinski definition) is 1. The molecule has 0 saturated carbocycles. The van der Waals surface area contributed by atoms with Crippen molar-refractivity contribution in [2.45, 2.75) is 5.41 Å². The normalized spacial score (nSPS) is 12.8. The number of rotatable bonds is 7. The van der Waals surface area contributed by atoms with Crippen LogP contribution in [-0.4, -0.2) is 4.98 Å². The molecule has 10 aromatic carbocycles. The van der Waals surface area contributed by atoms with Gasteiger partial charge in [-0.1, -0.05) is 170 Å². The van der Waals surface area contributed by atoms with Gasteiger partial charge in [0.15, 0.2) is 0 Å². The second kappa shape index (κ2) is 14.6. The maximum Gasteiger partial charge on any atom is 0.0713 e. The van der Waals surface area contributed by atoms with E-state index in [2.05, 4.69) is 246 Å². The van der Waals surface area contributed by atoms with E-state index in [1.54, 1.807) is 0 Å². The number of fused-ring (bicyclic) bond motifs is 9. The third kappa shape index (κ3) is 5.64. The Kier molecular flexibility index (Phi) is 8.34. The zero-order chi connectivity index (χ0) is 42.2. The van der Waals surface area contributed by atoms with Gasteiger partial charge in [-0.2, -0.15) is 0 Å². The SMILES string of the molecule is c1ccc(C2(c3ccccc3)c3ccccc3-c3cc(N(c4cccc(-c5cccc(-c6ccc7[nH]c8ccccc8c7c6)c5)c4)c4ccc5c(c4)sc4ccccc45)ccc32)cc1. The summed E-state index contributed by atoms with van der Waals surface area (Å²) in [5, 5.41) is 5.09. The standard InChI is InChI=1S/C61H40N2S/c1-3-18-44(19-4-1)61(45-20-5-2-6-21-45)55-26-10-7-23-49(55)53-38-47(31-33-56(53)61)63(48-30-32-52-51-25-9-12-28-59(51)64-60(52)39-48)46-22-14-17-42(36-46)40-15-13-16-41(35-40)43-29-34-58-54(37-43)50-24-8-11-27-57(50)62-58/h1-39,62H. The number of thiophene rings is 1. The lowest BCUT2D eigenvalue weighted by molar-refractivity contribution is 0.768. The lowest BCUT2D eigenvalue weighted by Gasteiger charge is -2.34. The van der Waals surface area contributed by atoms with Gasteiger partial charge in [-0.3, -0.25) is 0 Å². The Bertz CT molecular complexity index is 3710. The first-order valence-corrected chi connectivity index (χ1v) is 22.8. The third-order valence-corrected chi connectivity index (χ3v) is 14.6. The van der Waals surface area contributed by atoms with Crippen LogP contribution in [0.4, 0.5) is 17.1 Å². The molecule has 2 aromatic heterocycles. The average molecular weight is 833 g/mol. The monoisotopic (exact) mass is 832 g/mol. The number of H-pyrrole nitrogens is 1. The number of nitrogens with zero attached hydrogens (tertiary/aromatic N) is 1. The van der Waals surface area contributed by atoms with Crippen LogP contribution >= 0.6 is 11.3 Å². The van der Waals surface area contributed by atoms with Crippen molar-refractivity contribution < 1.29 is 0 Å². The summed E-state index contributed by atoms with van der Waals surface area (Å²) in [5.74, 6) is 0. The Morgan fingerprint density at radius 1 is 0.328 bits per heavy atom. The van der Waals surface area contributed by atoms with Crippen LogP contribution < -0.4 is 4.90 Å². The van der Waals surface area contributed by atoms with E-state index in [0.29, 0.717) is 0 Å². The molecule has 0 unspecified atom stereocenters. The second-order valence-electron chi connectivity index (χ2n) is 16.9. The molecule has 3 heteroatoms. The summed E-state index contributed by atoms with van der Waals surface area (Å²) >= 11 is 1.86. The van der Waals surface area contributed by atoms with Crippen molar-refractivity contribution in [3.05, 3.63) is 259 Å². The molecule has 12 aromatic rings. The van der Waals surface area contributed by atoms with Crippen molar-refractivity contribution >= 4 is 70.4 Å². The molecule has 0 aliphatic heterocycles. The number of anilines is 3. The summed E-state index contributed by atoms with van der Waals surface area (Å²) in [6.45, 7) is 0. The van der Waals surface area contributed by atoms with E-state index in [-0.39, 0.29) is 0 Å². The highest BCUT2D eigenvalue weighted by Gasteiger charge is 2.46. The van der Waals surface area contributed by atoms with Crippen LogP contribution in [0, 0.1) is 0 Å². The largest absolute Gasteiger partial charge is 0.355 e. The van der Waals surface area contributed by atoms with Gasteiger partial charge in [0.2, 0.25) is 0 Å². The summed E-state index contributed by atoms with van der Waals surface area (Å²) in [7, 11) is 0. The first kappa shape index (κ1) is 36.7. The molecule has 0 spiro atoms. The minimum atomic E-state index is -0.461. The third-order valence-electron chi connectivity index (χ3n) is 13.5. The summed E-state index contributed by atoms with van der Waals surface area (Å²) in [4.78, 5) is 6.04. The first-order valence-electron chi connectivity index (χ1n) is 22.0. The number of aromatic nitrogens is 1. The lowest BCUT2D eigenvalue weighted by atomic mass is 9.68. The topological polar surface area (TPSA) is 19.0 Å². The van der Waals surface area contributed by atoms with Crippen molar-refractivity contribution in [1.29, 1.82) is 0 Å². The fourth-order valence-corrected chi connectivity index (χ4v) is 11.7. The summed E-state index contributed by atoms with van der Waals surface area (Å²) in [5.41, 5.74) is 17.6. The van der Waals surface area contributed by atoms with Gasteiger partial charge in [-0.25, -0.2) is 0 Å². The Labute approximate surface area is 376 Å². The maximum atomic E-state index is 3.59. The Balaban J connectivity index is 0.983. The molecule has 1 N–H and O–H groups in total. The van der Waals surface area contributed by atoms with Crippen molar-refractivity contribution in [2.75, 3.05) is 4.90 Å². The fourth-order valence-electron chi connectivity index (χ4n) is 10.6. The van der Waals surface area contributed by atoms with Crippen LogP contribution in [0.3, 0.4) is 0 Å². The molecule has 2 heterocycles. The Morgan fingerprint density at radius 3 is 1.72 bits per heavy atom. The molecule has 0 saturated heterocycles. The molecule has 0 atom stereocenters. The molecular formula is C61H40N2S. The highest BCUT2D eigenvalue weighted by molar-refractivity contribution is 7.25. The molecule has 0 radical (unpaired) electrons. The molecule has 1 aliphatic rings. The Hall–Kier alpha value is -7.98. The number of aromatic amines is 1. The van der Waals surface area contributed by atoms with Gasteiger partial charge in [0.1, 0.15) is 0 Å². The highest BCUT2D eigenvalue weighted by Crippen LogP contribution is 2.57. The van der Waals surface area contributed by atoms with E-state index in [1.165, 1.54) is 86.6 Å². The fraction of sp³-hybridized carbons (Fsp3) is 0.0164. The van der Waals surface area contributed by atoms with Crippen molar-refractivity contribution in [2.24, 2.45) is 0 Å². The average Bonchev–Trinajstić information content (AvgIpc) is 4.02. The van der Waals surface area contributed by atoms with Crippen molar-refractivity contribution in [1.82, 2.24) is 4.98 Å². The smallest absolute Gasteiger partial charge is 0.0713 e. The van der Waals surface area contributed by atoms with E-state index in [4.69, 9.17) is 0 Å². The van der Waals surface area contributed by atoms with Gasteiger partial charge in [0, 0.05) is 59.0 Å². The first-order chi connectivity index (χ1) is 31.7. The molecule has 0 fully saturated rings. The Morgan fingerprint density at radius 2 is 0.906 bits per heavy atom. The van der Waals surface area contributed by atoms with E-state index in [9.17, 15) is 0 Å². The molecule has 0 bridgehead atoms. The predicted molar refractivity (Wildman–Crippen MR) is 272 cm³/mol. The molecule has 1 aliphatic carbocycles. The summed E-state index contributed by atoms with van der Waals surface area (Å²) in [6.07, 6.45) is 0. The molecule has 300 valence electrons. The van der Waals surface area contributed by atoms with Crippen molar-refractivity contribution in [3.63, 3.8) is 0 Å². The van der Waals surface area contributed by atoms with Crippen LogP contribution in [0.15, 0.2) is 237 Å². The molecule has 2 nitrogen and oxygen atoms in total. The highest BCUT2D eigenvalue weighted by atomic mass is 32.1. The quantitative estimate of drug-likeness (QED) is 0.169. The molecule has 0 amide bonds. The van der Waals surface area contributed by atoms with E-state index in [1.807, 2.05) is 11.3 Å². The van der Waals surface area contributed by atoms with Gasteiger partial charge in [0.05, 0.1) is 5.41 Å². The molecule has 64 heavy (non-hydrogen) atoms.